The van der Waals surface area contributed by atoms with Gasteiger partial charge in [-0.25, -0.2) is 0 Å². The van der Waals surface area contributed by atoms with E-state index >= 15 is 0 Å². The van der Waals surface area contributed by atoms with Crippen LogP contribution >= 0.6 is 50.9 Å². The molecule has 0 atom stereocenters. The lowest BCUT2D eigenvalue weighted by Crippen LogP contribution is -2.27. The number of hydrogen-bond acceptors (Lipinski definition) is 7. The molecule has 0 spiro atoms. The summed E-state index contributed by atoms with van der Waals surface area (Å²) >= 11 is 16.5. The summed E-state index contributed by atoms with van der Waals surface area (Å²) in [5, 5.41) is 11.3. The van der Waals surface area contributed by atoms with Crippen LogP contribution in [0, 0.1) is 10.1 Å². The quantitative estimate of drug-likeness (QED) is 0.134. The van der Waals surface area contributed by atoms with E-state index in [1.165, 1.54) is 12.1 Å². The SMILES string of the molecule is CCOc1cc(/C=C2/SC(=O)N(Cc3ccc(Cl)cc3Cl)C2=O)cc(Br)c1OCc1ccc([N+](=O)[O-])cc1. The van der Waals surface area contributed by atoms with Crippen LogP contribution in [0.5, 0.6) is 11.5 Å². The lowest BCUT2D eigenvalue weighted by atomic mass is 10.1. The summed E-state index contributed by atoms with van der Waals surface area (Å²) in [4.78, 5) is 37.4. The Kier molecular flexibility index (Phi) is 8.99. The van der Waals surface area contributed by atoms with Crippen molar-refractivity contribution in [2.75, 3.05) is 6.61 Å². The number of ether oxygens (including phenoxy) is 2. The zero-order valence-electron chi connectivity index (χ0n) is 19.8. The summed E-state index contributed by atoms with van der Waals surface area (Å²) < 4.78 is 12.3. The first-order chi connectivity index (χ1) is 18.2. The van der Waals surface area contributed by atoms with Crippen LogP contribution in [0.25, 0.3) is 6.08 Å². The first-order valence-electron chi connectivity index (χ1n) is 11.2. The maximum atomic E-state index is 13.0. The van der Waals surface area contributed by atoms with Gasteiger partial charge in [-0.05, 0) is 93.8 Å². The molecule has 0 aliphatic carbocycles. The molecular formula is C26H19BrCl2N2O6S. The first kappa shape index (κ1) is 28.0. The van der Waals surface area contributed by atoms with E-state index in [4.69, 9.17) is 32.7 Å². The second kappa shape index (κ2) is 12.2. The predicted molar refractivity (Wildman–Crippen MR) is 151 cm³/mol. The Morgan fingerprint density at radius 2 is 1.82 bits per heavy atom. The van der Waals surface area contributed by atoms with E-state index in [0.717, 1.165) is 22.2 Å². The minimum Gasteiger partial charge on any atom is -0.490 e. The summed E-state index contributed by atoms with van der Waals surface area (Å²) in [6, 6.07) is 14.4. The fraction of sp³-hybridized carbons (Fsp3) is 0.154. The number of carbonyl (C=O) groups is 2. The Morgan fingerprint density at radius 1 is 1.08 bits per heavy atom. The fourth-order valence-corrected chi connectivity index (χ4v) is 5.43. The maximum absolute atomic E-state index is 13.0. The summed E-state index contributed by atoms with van der Waals surface area (Å²) in [5.74, 6) is 0.439. The summed E-state index contributed by atoms with van der Waals surface area (Å²) in [6.07, 6.45) is 1.61. The molecule has 1 saturated heterocycles. The number of imide groups is 1. The number of nitro benzene ring substituents is 1. The number of amides is 2. The van der Waals surface area contributed by atoms with Gasteiger partial charge in [0.1, 0.15) is 6.61 Å². The molecule has 38 heavy (non-hydrogen) atoms. The second-order valence-electron chi connectivity index (χ2n) is 7.98. The molecule has 2 amide bonds. The van der Waals surface area contributed by atoms with Gasteiger partial charge in [0.15, 0.2) is 11.5 Å². The molecule has 0 N–H and O–H groups in total. The number of hydrogen-bond donors (Lipinski definition) is 0. The predicted octanol–water partition coefficient (Wildman–Crippen LogP) is 7.88. The Labute approximate surface area is 240 Å². The highest BCUT2D eigenvalue weighted by atomic mass is 79.9. The van der Waals surface area contributed by atoms with Crippen molar-refractivity contribution in [1.29, 1.82) is 0 Å². The molecule has 4 rings (SSSR count). The van der Waals surface area contributed by atoms with Crippen LogP contribution in [0.4, 0.5) is 10.5 Å². The van der Waals surface area contributed by atoms with E-state index in [2.05, 4.69) is 15.9 Å². The van der Waals surface area contributed by atoms with Gasteiger partial charge in [0.2, 0.25) is 0 Å². The summed E-state index contributed by atoms with van der Waals surface area (Å²) in [6.45, 7) is 2.37. The van der Waals surface area contributed by atoms with E-state index in [1.807, 2.05) is 6.92 Å². The van der Waals surface area contributed by atoms with Crippen molar-refractivity contribution in [2.45, 2.75) is 20.1 Å². The average molecular weight is 638 g/mol. The second-order valence-corrected chi connectivity index (χ2v) is 10.7. The standard InChI is InChI=1S/C26H19BrCl2N2O6S/c1-2-36-22-10-16(9-20(27)24(22)37-14-15-3-7-19(8-4-15)31(34)35)11-23-25(32)30(26(33)38-23)13-17-5-6-18(28)12-21(17)29/h3-12H,2,13-14H2,1H3/b23-11+. The molecule has 0 bridgehead atoms. The van der Waals surface area contributed by atoms with Crippen LogP contribution in [0.15, 0.2) is 64.0 Å². The van der Waals surface area contributed by atoms with Crippen LogP contribution in [0.1, 0.15) is 23.6 Å². The third-order valence-corrected chi connectivity index (χ3v) is 7.46. The minimum atomic E-state index is -0.464. The van der Waals surface area contributed by atoms with E-state index in [9.17, 15) is 19.7 Å². The van der Waals surface area contributed by atoms with Gasteiger partial charge >= 0.3 is 0 Å². The lowest BCUT2D eigenvalue weighted by Gasteiger charge is -2.15. The third-order valence-electron chi connectivity index (χ3n) is 5.38. The first-order valence-corrected chi connectivity index (χ1v) is 13.5. The Balaban J connectivity index is 1.54. The van der Waals surface area contributed by atoms with Gasteiger partial charge in [-0.15, -0.1) is 0 Å². The maximum Gasteiger partial charge on any atom is 0.293 e. The zero-order valence-corrected chi connectivity index (χ0v) is 23.7. The topological polar surface area (TPSA) is 99.0 Å². The molecule has 1 fully saturated rings. The van der Waals surface area contributed by atoms with Crippen molar-refractivity contribution < 1.29 is 24.0 Å². The van der Waals surface area contributed by atoms with Gasteiger partial charge in [-0.1, -0.05) is 29.3 Å². The Morgan fingerprint density at radius 3 is 2.47 bits per heavy atom. The number of nitro groups is 1. The highest BCUT2D eigenvalue weighted by Gasteiger charge is 2.35. The van der Waals surface area contributed by atoms with Crippen molar-refractivity contribution in [1.82, 2.24) is 4.90 Å². The van der Waals surface area contributed by atoms with Crippen LogP contribution in [-0.4, -0.2) is 27.6 Å². The van der Waals surface area contributed by atoms with Gasteiger partial charge in [0, 0.05) is 22.2 Å². The molecule has 0 aromatic heterocycles. The summed E-state index contributed by atoms with van der Waals surface area (Å²) in [5.41, 5.74) is 1.96. The molecule has 3 aromatic rings. The molecule has 12 heteroatoms. The molecule has 196 valence electrons. The average Bonchev–Trinajstić information content (AvgIpc) is 3.12. The van der Waals surface area contributed by atoms with Gasteiger partial charge in [-0.2, -0.15) is 0 Å². The van der Waals surface area contributed by atoms with Gasteiger partial charge in [0.05, 0.1) is 27.5 Å². The molecule has 1 aliphatic rings. The zero-order chi connectivity index (χ0) is 27.4. The molecular weight excluding hydrogens is 619 g/mol. The van der Waals surface area contributed by atoms with Crippen molar-refractivity contribution in [3.8, 4) is 11.5 Å². The molecule has 0 unspecified atom stereocenters. The van der Waals surface area contributed by atoms with E-state index < -0.39 is 16.1 Å². The van der Waals surface area contributed by atoms with Crippen LogP contribution in [0.3, 0.4) is 0 Å². The highest BCUT2D eigenvalue weighted by Crippen LogP contribution is 2.40. The number of halogens is 3. The molecule has 1 heterocycles. The molecule has 8 nitrogen and oxygen atoms in total. The van der Waals surface area contributed by atoms with Crippen molar-refractivity contribution in [3.63, 3.8) is 0 Å². The number of benzene rings is 3. The Bertz CT molecular complexity index is 1450. The Hall–Kier alpha value is -3.05. The lowest BCUT2D eigenvalue weighted by molar-refractivity contribution is -0.384. The normalized spacial score (nSPS) is 14.3. The van der Waals surface area contributed by atoms with Crippen LogP contribution in [-0.2, 0) is 17.9 Å². The number of nitrogens with zero attached hydrogens (tertiary/aromatic N) is 2. The van der Waals surface area contributed by atoms with Crippen molar-refractivity contribution in [2.24, 2.45) is 0 Å². The minimum absolute atomic E-state index is 0.00466. The molecule has 0 radical (unpaired) electrons. The van der Waals surface area contributed by atoms with E-state index in [1.54, 1.807) is 48.5 Å². The number of non-ortho nitro benzene ring substituents is 1. The highest BCUT2D eigenvalue weighted by molar-refractivity contribution is 9.10. The van der Waals surface area contributed by atoms with Gasteiger partial charge < -0.3 is 9.47 Å². The van der Waals surface area contributed by atoms with E-state index in [-0.39, 0.29) is 23.7 Å². The van der Waals surface area contributed by atoms with E-state index in [0.29, 0.717) is 43.8 Å². The monoisotopic (exact) mass is 636 g/mol. The van der Waals surface area contributed by atoms with Gasteiger partial charge in [-0.3, -0.25) is 24.6 Å². The van der Waals surface area contributed by atoms with Crippen molar-refractivity contribution >= 4 is 73.8 Å². The third kappa shape index (κ3) is 6.50. The summed E-state index contributed by atoms with van der Waals surface area (Å²) in [7, 11) is 0. The van der Waals surface area contributed by atoms with Gasteiger partial charge in [0.25, 0.3) is 16.8 Å². The molecule has 1 aliphatic heterocycles. The van der Waals surface area contributed by atoms with Crippen LogP contribution < -0.4 is 9.47 Å². The number of carbonyl (C=O) groups excluding carboxylic acids is 2. The molecule has 0 saturated carbocycles. The number of rotatable bonds is 9. The van der Waals surface area contributed by atoms with Crippen LogP contribution in [0.2, 0.25) is 10.0 Å². The number of thioether (sulfide) groups is 1. The fourth-order valence-electron chi connectivity index (χ4n) is 3.55. The largest absolute Gasteiger partial charge is 0.490 e. The smallest absolute Gasteiger partial charge is 0.293 e. The van der Waals surface area contributed by atoms with Crippen molar-refractivity contribution in [3.05, 3.63) is 101 Å². The molecule has 3 aromatic carbocycles.